The Kier molecular flexibility index (Phi) is 3.47. The highest BCUT2D eigenvalue weighted by Crippen LogP contribution is 2.25. The minimum absolute atomic E-state index is 0.176. The van der Waals surface area contributed by atoms with Gasteiger partial charge in [-0.1, -0.05) is 0 Å². The Balaban J connectivity index is 2.49. The fourth-order valence-electron chi connectivity index (χ4n) is 1.90. The Labute approximate surface area is 118 Å². The largest absolute Gasteiger partial charge is 0.399 e. The molecule has 2 rings (SSSR count). The van der Waals surface area contributed by atoms with Crippen molar-refractivity contribution in [1.82, 2.24) is 10.2 Å². The van der Waals surface area contributed by atoms with Gasteiger partial charge in [-0.2, -0.15) is 5.10 Å². The molecule has 0 spiro atoms. The molecule has 0 aliphatic rings. The fraction of sp³-hybridized carbons (Fsp3) is 0.308. The molecule has 0 saturated heterocycles. The number of nitrogens with one attached hydrogen (secondary N) is 2. The lowest BCUT2D eigenvalue weighted by atomic mass is 10.1. The number of rotatable bonds is 3. The minimum atomic E-state index is -3.71. The molecule has 7 heteroatoms. The van der Waals surface area contributed by atoms with Crippen LogP contribution in [0.2, 0.25) is 0 Å². The van der Waals surface area contributed by atoms with Crippen molar-refractivity contribution in [3.05, 3.63) is 34.5 Å². The maximum absolute atomic E-state index is 12.5. The average Bonchev–Trinajstić information content (AvgIpc) is 2.65. The number of aromatic nitrogens is 2. The Morgan fingerprint density at radius 3 is 2.35 bits per heavy atom. The van der Waals surface area contributed by atoms with Gasteiger partial charge in [0.15, 0.2) is 5.82 Å². The number of hydrogen-bond acceptors (Lipinski definition) is 4. The molecule has 0 radical (unpaired) electrons. The molecule has 2 aromatic rings. The number of nitrogens with zero attached hydrogens (tertiary/aromatic N) is 1. The molecule has 0 aliphatic carbocycles. The first-order chi connectivity index (χ1) is 9.22. The van der Waals surface area contributed by atoms with Gasteiger partial charge < -0.3 is 5.73 Å². The molecule has 0 fully saturated rings. The van der Waals surface area contributed by atoms with Crippen LogP contribution >= 0.6 is 0 Å². The molecule has 0 aliphatic heterocycles. The predicted molar refractivity (Wildman–Crippen MR) is 79.2 cm³/mol. The normalized spacial score (nSPS) is 11.6. The number of aromatic amines is 1. The molecule has 0 amide bonds. The van der Waals surface area contributed by atoms with E-state index < -0.39 is 10.0 Å². The first-order valence-electron chi connectivity index (χ1n) is 6.13. The third-order valence-corrected chi connectivity index (χ3v) is 4.88. The second kappa shape index (κ2) is 4.82. The van der Waals surface area contributed by atoms with Crippen molar-refractivity contribution in [1.29, 1.82) is 0 Å². The highest BCUT2D eigenvalue weighted by Gasteiger charge is 2.21. The van der Waals surface area contributed by atoms with Gasteiger partial charge in [0.05, 0.1) is 4.90 Å². The zero-order valence-electron chi connectivity index (χ0n) is 11.9. The lowest BCUT2D eigenvalue weighted by Crippen LogP contribution is -2.16. The van der Waals surface area contributed by atoms with Gasteiger partial charge in [0, 0.05) is 16.9 Å². The molecule has 4 N–H and O–H groups in total. The quantitative estimate of drug-likeness (QED) is 0.754. The minimum Gasteiger partial charge on any atom is -0.399 e. The molecule has 0 unspecified atom stereocenters. The molecule has 0 atom stereocenters. The van der Waals surface area contributed by atoms with Gasteiger partial charge in [0.25, 0.3) is 10.0 Å². The molecular formula is C13H18N4O2S. The second-order valence-electron chi connectivity index (χ2n) is 4.89. The summed E-state index contributed by atoms with van der Waals surface area (Å²) in [5.74, 6) is 0.307. The summed E-state index contributed by atoms with van der Waals surface area (Å²) < 4.78 is 27.4. The first kappa shape index (κ1) is 14.4. The van der Waals surface area contributed by atoms with E-state index in [9.17, 15) is 8.42 Å². The third-order valence-electron chi connectivity index (χ3n) is 3.42. The van der Waals surface area contributed by atoms with Crippen LogP contribution < -0.4 is 10.5 Å². The maximum Gasteiger partial charge on any atom is 0.263 e. The molecule has 0 bridgehead atoms. The van der Waals surface area contributed by atoms with Crippen molar-refractivity contribution in [3.63, 3.8) is 0 Å². The molecule has 1 aromatic heterocycles. The van der Waals surface area contributed by atoms with Crippen LogP contribution in [0.1, 0.15) is 22.4 Å². The van der Waals surface area contributed by atoms with Crippen molar-refractivity contribution in [2.45, 2.75) is 32.6 Å². The van der Waals surface area contributed by atoms with Crippen LogP contribution in [0.4, 0.5) is 11.5 Å². The molecule has 0 saturated carbocycles. The number of H-pyrrole nitrogens is 1. The van der Waals surface area contributed by atoms with Crippen LogP contribution in [-0.4, -0.2) is 18.6 Å². The van der Waals surface area contributed by atoms with E-state index in [1.165, 1.54) is 6.07 Å². The number of nitrogen functional groups attached to an aromatic ring is 1. The molecule has 1 aromatic carbocycles. The molecule has 6 nitrogen and oxygen atoms in total. The highest BCUT2D eigenvalue weighted by atomic mass is 32.2. The fourth-order valence-corrected chi connectivity index (χ4v) is 3.32. The SMILES string of the molecule is Cc1cc(N)cc(S(=O)(=O)Nc2n[nH]c(C)c2C)c1C. The average molecular weight is 294 g/mol. The van der Waals surface area contributed by atoms with E-state index in [-0.39, 0.29) is 4.90 Å². The number of aryl methyl sites for hydroxylation is 2. The van der Waals surface area contributed by atoms with Gasteiger partial charge in [0.1, 0.15) is 0 Å². The predicted octanol–water partition coefficient (Wildman–Crippen LogP) is 2.03. The number of benzene rings is 1. The van der Waals surface area contributed by atoms with Crippen LogP contribution in [0.3, 0.4) is 0 Å². The van der Waals surface area contributed by atoms with Crippen LogP contribution in [0, 0.1) is 27.7 Å². The van der Waals surface area contributed by atoms with E-state index in [2.05, 4.69) is 14.9 Å². The lowest BCUT2D eigenvalue weighted by molar-refractivity contribution is 0.600. The summed E-state index contributed by atoms with van der Waals surface area (Å²) in [4.78, 5) is 0.176. The van der Waals surface area contributed by atoms with Crippen molar-refractivity contribution in [2.75, 3.05) is 10.5 Å². The Bertz CT molecular complexity index is 763. The first-order valence-corrected chi connectivity index (χ1v) is 7.62. The van der Waals surface area contributed by atoms with Crippen LogP contribution in [-0.2, 0) is 10.0 Å². The summed E-state index contributed by atoms with van der Waals surface area (Å²) in [6.45, 7) is 7.21. The maximum atomic E-state index is 12.5. The second-order valence-corrected chi connectivity index (χ2v) is 6.54. The summed E-state index contributed by atoms with van der Waals surface area (Å²) in [7, 11) is -3.71. The van der Waals surface area contributed by atoms with Crippen LogP contribution in [0.25, 0.3) is 0 Å². The number of sulfonamides is 1. The molecule has 108 valence electrons. The highest BCUT2D eigenvalue weighted by molar-refractivity contribution is 7.92. The van der Waals surface area contributed by atoms with Gasteiger partial charge >= 0.3 is 0 Å². The third kappa shape index (κ3) is 2.49. The van der Waals surface area contributed by atoms with Crippen LogP contribution in [0.15, 0.2) is 17.0 Å². The van der Waals surface area contributed by atoms with E-state index in [4.69, 9.17) is 5.73 Å². The van der Waals surface area contributed by atoms with E-state index in [0.29, 0.717) is 17.1 Å². The topological polar surface area (TPSA) is 101 Å². The summed E-state index contributed by atoms with van der Waals surface area (Å²) in [6, 6.07) is 3.21. The van der Waals surface area contributed by atoms with Crippen molar-refractivity contribution >= 4 is 21.5 Å². The summed E-state index contributed by atoms with van der Waals surface area (Å²) in [5.41, 5.74) is 9.26. The zero-order chi connectivity index (χ0) is 15.1. The van der Waals surface area contributed by atoms with Gasteiger partial charge in [-0.15, -0.1) is 0 Å². The Morgan fingerprint density at radius 2 is 1.80 bits per heavy atom. The summed E-state index contributed by atoms with van der Waals surface area (Å²) >= 11 is 0. The summed E-state index contributed by atoms with van der Waals surface area (Å²) in [6.07, 6.45) is 0. The number of nitrogens with two attached hydrogens (primary N) is 1. The molecule has 20 heavy (non-hydrogen) atoms. The van der Waals surface area contributed by atoms with Gasteiger partial charge in [-0.25, -0.2) is 8.42 Å². The molecular weight excluding hydrogens is 276 g/mol. The smallest absolute Gasteiger partial charge is 0.263 e. The van der Waals surface area contributed by atoms with Gasteiger partial charge in [-0.3, -0.25) is 9.82 Å². The van der Waals surface area contributed by atoms with E-state index >= 15 is 0 Å². The van der Waals surface area contributed by atoms with E-state index in [1.54, 1.807) is 19.9 Å². The van der Waals surface area contributed by atoms with Gasteiger partial charge in [0.2, 0.25) is 0 Å². The standard InChI is InChI=1S/C13H18N4O2S/c1-7-5-11(14)6-12(8(7)2)20(18,19)17-13-9(3)10(4)15-16-13/h5-6H,14H2,1-4H3,(H2,15,16,17). The summed E-state index contributed by atoms with van der Waals surface area (Å²) in [5, 5.41) is 6.70. The number of hydrogen-bond donors (Lipinski definition) is 3. The lowest BCUT2D eigenvalue weighted by Gasteiger charge is -2.12. The van der Waals surface area contributed by atoms with E-state index in [0.717, 1.165) is 16.8 Å². The van der Waals surface area contributed by atoms with Crippen molar-refractivity contribution in [2.24, 2.45) is 0 Å². The van der Waals surface area contributed by atoms with Gasteiger partial charge in [-0.05, 0) is 51.0 Å². The Hall–Kier alpha value is -2.02. The zero-order valence-corrected chi connectivity index (χ0v) is 12.7. The molecule has 1 heterocycles. The Morgan fingerprint density at radius 1 is 1.15 bits per heavy atom. The van der Waals surface area contributed by atoms with Crippen molar-refractivity contribution in [3.8, 4) is 0 Å². The van der Waals surface area contributed by atoms with E-state index in [1.807, 2.05) is 13.8 Å². The van der Waals surface area contributed by atoms with Crippen LogP contribution in [0.5, 0.6) is 0 Å². The monoisotopic (exact) mass is 294 g/mol. The van der Waals surface area contributed by atoms with Crippen molar-refractivity contribution < 1.29 is 8.42 Å². The number of anilines is 2.